The summed E-state index contributed by atoms with van der Waals surface area (Å²) < 4.78 is 5.37. The van der Waals surface area contributed by atoms with Crippen molar-refractivity contribution in [1.82, 2.24) is 5.32 Å². The van der Waals surface area contributed by atoms with Gasteiger partial charge in [0.2, 0.25) is 5.91 Å². The van der Waals surface area contributed by atoms with Gasteiger partial charge < -0.3 is 20.9 Å². The Labute approximate surface area is 119 Å². The fraction of sp³-hybridized carbons (Fsp3) is 0.857. The summed E-state index contributed by atoms with van der Waals surface area (Å²) >= 11 is 0. The minimum Gasteiger partial charge on any atom is -0.479 e. The van der Waals surface area contributed by atoms with Crippen molar-refractivity contribution in [3.63, 3.8) is 0 Å². The van der Waals surface area contributed by atoms with Gasteiger partial charge in [0.15, 0.2) is 6.10 Å². The number of aliphatic carboxylic acids is 1. The van der Waals surface area contributed by atoms with Gasteiger partial charge in [-0.15, -0.1) is 0 Å². The van der Waals surface area contributed by atoms with E-state index in [-0.39, 0.29) is 24.0 Å². The fourth-order valence-electron chi connectivity index (χ4n) is 3.04. The topological polar surface area (TPSA) is 102 Å². The van der Waals surface area contributed by atoms with Gasteiger partial charge in [-0.1, -0.05) is 19.3 Å². The first-order valence-corrected chi connectivity index (χ1v) is 7.49. The van der Waals surface area contributed by atoms with E-state index in [0.717, 1.165) is 32.1 Å². The molecule has 6 nitrogen and oxygen atoms in total. The number of carbonyl (C=O) groups is 2. The Morgan fingerprint density at radius 2 is 1.90 bits per heavy atom. The first-order chi connectivity index (χ1) is 9.58. The zero-order valence-corrected chi connectivity index (χ0v) is 11.7. The van der Waals surface area contributed by atoms with E-state index < -0.39 is 12.1 Å². The largest absolute Gasteiger partial charge is 0.479 e. The van der Waals surface area contributed by atoms with Crippen LogP contribution in [-0.2, 0) is 14.3 Å². The molecule has 1 aliphatic carbocycles. The third-order valence-electron chi connectivity index (χ3n) is 4.29. The van der Waals surface area contributed by atoms with E-state index in [4.69, 9.17) is 15.6 Å². The zero-order valence-electron chi connectivity index (χ0n) is 11.7. The number of nitrogens with two attached hydrogens (primary N) is 1. The number of carboxylic acids is 1. The van der Waals surface area contributed by atoms with Crippen LogP contribution in [0.5, 0.6) is 0 Å². The summed E-state index contributed by atoms with van der Waals surface area (Å²) in [4.78, 5) is 23.0. The SMILES string of the molecule is NC1CCCCCC1C(=O)NCC1CCC(C(=O)O)O1. The summed E-state index contributed by atoms with van der Waals surface area (Å²) in [5.74, 6) is -1.06. The number of ether oxygens (including phenoxy) is 1. The molecule has 4 N–H and O–H groups in total. The molecular weight excluding hydrogens is 260 g/mol. The molecule has 1 saturated heterocycles. The maximum Gasteiger partial charge on any atom is 0.332 e. The Kier molecular flexibility index (Phi) is 5.37. The average molecular weight is 284 g/mol. The van der Waals surface area contributed by atoms with Crippen LogP contribution in [0.15, 0.2) is 0 Å². The van der Waals surface area contributed by atoms with E-state index in [1.807, 2.05) is 0 Å². The quantitative estimate of drug-likeness (QED) is 0.658. The summed E-state index contributed by atoms with van der Waals surface area (Å²) in [6.45, 7) is 0.381. The first kappa shape index (κ1) is 15.3. The number of rotatable bonds is 4. The van der Waals surface area contributed by atoms with Gasteiger partial charge in [-0.3, -0.25) is 4.79 Å². The lowest BCUT2D eigenvalue weighted by Gasteiger charge is -2.21. The Morgan fingerprint density at radius 3 is 2.60 bits per heavy atom. The molecule has 114 valence electrons. The van der Waals surface area contributed by atoms with Crippen molar-refractivity contribution in [2.24, 2.45) is 11.7 Å². The van der Waals surface area contributed by atoms with Crippen molar-refractivity contribution in [2.75, 3.05) is 6.54 Å². The van der Waals surface area contributed by atoms with Crippen LogP contribution in [0.1, 0.15) is 44.9 Å². The van der Waals surface area contributed by atoms with Gasteiger partial charge in [-0.05, 0) is 25.7 Å². The molecule has 2 fully saturated rings. The van der Waals surface area contributed by atoms with Crippen LogP contribution in [0.4, 0.5) is 0 Å². The lowest BCUT2D eigenvalue weighted by molar-refractivity contribution is -0.149. The van der Waals surface area contributed by atoms with Crippen molar-refractivity contribution >= 4 is 11.9 Å². The van der Waals surface area contributed by atoms with Gasteiger partial charge in [0.05, 0.1) is 12.0 Å². The normalized spacial score (nSPS) is 34.5. The van der Waals surface area contributed by atoms with Gasteiger partial charge in [0.25, 0.3) is 0 Å². The van der Waals surface area contributed by atoms with E-state index in [1.54, 1.807) is 0 Å². The Balaban J connectivity index is 1.76. The van der Waals surface area contributed by atoms with Crippen LogP contribution in [0.2, 0.25) is 0 Å². The second-order valence-electron chi connectivity index (χ2n) is 5.82. The van der Waals surface area contributed by atoms with Crippen LogP contribution < -0.4 is 11.1 Å². The molecule has 0 spiro atoms. The molecule has 6 heteroatoms. The van der Waals surface area contributed by atoms with Crippen molar-refractivity contribution in [3.8, 4) is 0 Å². The smallest absolute Gasteiger partial charge is 0.332 e. The van der Waals surface area contributed by atoms with Crippen LogP contribution in [0.3, 0.4) is 0 Å². The van der Waals surface area contributed by atoms with Crippen molar-refractivity contribution < 1.29 is 19.4 Å². The molecule has 1 heterocycles. The van der Waals surface area contributed by atoms with Crippen molar-refractivity contribution in [2.45, 2.75) is 63.2 Å². The Morgan fingerprint density at radius 1 is 1.15 bits per heavy atom. The number of hydrogen-bond donors (Lipinski definition) is 3. The van der Waals surface area contributed by atoms with Crippen molar-refractivity contribution in [1.29, 1.82) is 0 Å². The molecule has 1 aliphatic heterocycles. The van der Waals surface area contributed by atoms with E-state index >= 15 is 0 Å². The molecule has 0 radical (unpaired) electrons. The molecule has 1 amide bonds. The summed E-state index contributed by atoms with van der Waals surface area (Å²) in [6.07, 6.45) is 5.30. The Bertz CT molecular complexity index is 361. The lowest BCUT2D eigenvalue weighted by atomic mass is 9.94. The number of hydrogen-bond acceptors (Lipinski definition) is 4. The molecular formula is C14H24N2O4. The lowest BCUT2D eigenvalue weighted by Crippen LogP contribution is -2.43. The first-order valence-electron chi connectivity index (χ1n) is 7.49. The van der Waals surface area contributed by atoms with Crippen LogP contribution in [0, 0.1) is 5.92 Å². The predicted molar refractivity (Wildman–Crippen MR) is 73.1 cm³/mol. The third kappa shape index (κ3) is 3.93. The molecule has 4 unspecified atom stereocenters. The third-order valence-corrected chi connectivity index (χ3v) is 4.29. The van der Waals surface area contributed by atoms with Crippen molar-refractivity contribution in [3.05, 3.63) is 0 Å². The standard InChI is InChI=1S/C14H24N2O4/c15-11-5-3-1-2-4-10(11)13(17)16-8-9-6-7-12(20-9)14(18)19/h9-12H,1-8,15H2,(H,16,17)(H,18,19). The average Bonchev–Trinajstić information content (AvgIpc) is 2.79. The number of nitrogens with one attached hydrogen (secondary N) is 1. The fourth-order valence-corrected chi connectivity index (χ4v) is 3.04. The maximum atomic E-state index is 12.2. The van der Waals surface area contributed by atoms with Crippen LogP contribution in [0.25, 0.3) is 0 Å². The molecule has 1 saturated carbocycles. The van der Waals surface area contributed by atoms with E-state index in [0.29, 0.717) is 19.4 Å². The van der Waals surface area contributed by atoms with E-state index in [2.05, 4.69) is 5.32 Å². The van der Waals surface area contributed by atoms with Gasteiger partial charge in [-0.2, -0.15) is 0 Å². The molecule has 0 aromatic carbocycles. The zero-order chi connectivity index (χ0) is 14.5. The minimum absolute atomic E-state index is 0.0122. The Hall–Kier alpha value is -1.14. The van der Waals surface area contributed by atoms with Gasteiger partial charge in [0, 0.05) is 12.6 Å². The van der Waals surface area contributed by atoms with Gasteiger partial charge in [-0.25, -0.2) is 4.79 Å². The molecule has 4 atom stereocenters. The highest BCUT2D eigenvalue weighted by molar-refractivity contribution is 5.79. The minimum atomic E-state index is -0.926. The highest BCUT2D eigenvalue weighted by Crippen LogP contribution is 2.23. The van der Waals surface area contributed by atoms with Crippen LogP contribution >= 0.6 is 0 Å². The van der Waals surface area contributed by atoms with Crippen LogP contribution in [-0.4, -0.2) is 41.8 Å². The van der Waals surface area contributed by atoms with E-state index in [9.17, 15) is 9.59 Å². The summed E-state index contributed by atoms with van der Waals surface area (Å²) in [7, 11) is 0. The molecule has 0 aromatic heterocycles. The second kappa shape index (κ2) is 7.04. The number of carboxylic acid groups (broad SMARTS) is 1. The molecule has 2 rings (SSSR count). The number of amides is 1. The maximum absolute atomic E-state index is 12.2. The molecule has 20 heavy (non-hydrogen) atoms. The molecule has 0 aromatic rings. The van der Waals surface area contributed by atoms with Gasteiger partial charge >= 0.3 is 5.97 Å². The molecule has 2 aliphatic rings. The highest BCUT2D eigenvalue weighted by atomic mass is 16.5. The predicted octanol–water partition coefficient (Wildman–Crippen LogP) is 0.642. The highest BCUT2D eigenvalue weighted by Gasteiger charge is 2.32. The summed E-state index contributed by atoms with van der Waals surface area (Å²) in [6, 6.07) is -0.0613. The molecule has 0 bridgehead atoms. The monoisotopic (exact) mass is 284 g/mol. The van der Waals surface area contributed by atoms with Gasteiger partial charge in [0.1, 0.15) is 0 Å². The number of carbonyl (C=O) groups excluding carboxylic acids is 1. The summed E-state index contributed by atoms with van der Waals surface area (Å²) in [5, 5.41) is 11.7. The van der Waals surface area contributed by atoms with E-state index in [1.165, 1.54) is 0 Å². The summed E-state index contributed by atoms with van der Waals surface area (Å²) in [5.41, 5.74) is 6.06. The second-order valence-corrected chi connectivity index (χ2v) is 5.82.